The fourth-order valence-electron chi connectivity index (χ4n) is 2.10. The first kappa shape index (κ1) is 19.0. The summed E-state index contributed by atoms with van der Waals surface area (Å²) in [5.41, 5.74) is 0.796. The summed E-state index contributed by atoms with van der Waals surface area (Å²) in [4.78, 5) is 13.7. The Hall–Kier alpha value is -2.33. The van der Waals surface area contributed by atoms with Gasteiger partial charge in [-0.1, -0.05) is 0 Å². The van der Waals surface area contributed by atoms with Gasteiger partial charge in [-0.05, 0) is 31.2 Å². The molecule has 0 aliphatic rings. The summed E-state index contributed by atoms with van der Waals surface area (Å²) in [5.74, 6) is -1.43. The Labute approximate surface area is 146 Å². The summed E-state index contributed by atoms with van der Waals surface area (Å²) in [6.45, 7) is 1.38. The van der Waals surface area contributed by atoms with Gasteiger partial charge >= 0.3 is 5.91 Å². The van der Waals surface area contributed by atoms with Crippen LogP contribution in [0, 0.1) is 6.92 Å². The van der Waals surface area contributed by atoms with E-state index in [2.05, 4.69) is 0 Å². The number of amides is 1. The van der Waals surface area contributed by atoms with Gasteiger partial charge in [-0.25, -0.2) is 21.6 Å². The Bertz CT molecular complexity index is 1000. The SMILES string of the molecule is Cc1oc(C(=O)NS(=O)(=O)c2ccc(N(C)C)cc2)cc1S(C)(=O)=O. The Morgan fingerprint density at radius 3 is 2.08 bits per heavy atom. The van der Waals surface area contributed by atoms with Crippen LogP contribution in [0.3, 0.4) is 0 Å². The molecule has 0 fully saturated rings. The maximum Gasteiger partial charge on any atom is 0.300 e. The van der Waals surface area contributed by atoms with Crippen molar-refractivity contribution < 1.29 is 26.0 Å². The highest BCUT2D eigenvalue weighted by atomic mass is 32.2. The molecule has 0 radical (unpaired) electrons. The van der Waals surface area contributed by atoms with Crippen LogP contribution in [-0.2, 0) is 19.9 Å². The lowest BCUT2D eigenvalue weighted by Gasteiger charge is -2.12. The molecule has 8 nitrogen and oxygen atoms in total. The molecule has 1 aromatic carbocycles. The van der Waals surface area contributed by atoms with Gasteiger partial charge in [0.1, 0.15) is 10.7 Å². The molecular weight excluding hydrogens is 368 g/mol. The molecule has 1 N–H and O–H groups in total. The zero-order chi connectivity index (χ0) is 19.0. The van der Waals surface area contributed by atoms with E-state index in [0.29, 0.717) is 0 Å². The lowest BCUT2D eigenvalue weighted by molar-refractivity contribution is 0.0953. The lowest BCUT2D eigenvalue weighted by Crippen LogP contribution is -2.30. The first-order valence-electron chi connectivity index (χ1n) is 7.07. The summed E-state index contributed by atoms with van der Waals surface area (Å²) < 4.78 is 54.6. The quantitative estimate of drug-likeness (QED) is 0.820. The Kier molecular flexibility index (Phi) is 4.96. The Morgan fingerprint density at radius 2 is 1.64 bits per heavy atom. The molecule has 1 heterocycles. The molecule has 1 aromatic heterocycles. The summed E-state index contributed by atoms with van der Waals surface area (Å²) in [6.07, 6.45) is 0.968. The predicted molar refractivity (Wildman–Crippen MR) is 92.0 cm³/mol. The molecular formula is C15H18N2O6S2. The second-order valence-corrected chi connectivity index (χ2v) is 9.29. The van der Waals surface area contributed by atoms with Crippen LogP contribution in [0.25, 0.3) is 0 Å². The fourth-order valence-corrected chi connectivity index (χ4v) is 3.94. The number of hydrogen-bond donors (Lipinski definition) is 1. The van der Waals surface area contributed by atoms with Crippen molar-refractivity contribution in [1.82, 2.24) is 4.72 Å². The number of nitrogens with zero attached hydrogens (tertiary/aromatic N) is 1. The maximum atomic E-state index is 12.3. The highest BCUT2D eigenvalue weighted by molar-refractivity contribution is 7.90. The number of hydrogen-bond acceptors (Lipinski definition) is 7. The van der Waals surface area contributed by atoms with Crippen molar-refractivity contribution >= 4 is 31.5 Å². The second-order valence-electron chi connectivity index (χ2n) is 5.63. The molecule has 0 atom stereocenters. The van der Waals surface area contributed by atoms with Crippen molar-refractivity contribution in [2.24, 2.45) is 0 Å². The van der Waals surface area contributed by atoms with Crippen molar-refractivity contribution in [1.29, 1.82) is 0 Å². The number of carbonyl (C=O) groups is 1. The topological polar surface area (TPSA) is 114 Å². The minimum Gasteiger partial charge on any atom is -0.455 e. The predicted octanol–water partition coefficient (Wildman–Crippen LogP) is 1.18. The van der Waals surface area contributed by atoms with E-state index in [4.69, 9.17) is 4.42 Å². The summed E-state index contributed by atoms with van der Waals surface area (Å²) in [6, 6.07) is 6.92. The third-order valence-electron chi connectivity index (χ3n) is 3.39. The number of carbonyl (C=O) groups excluding carboxylic acids is 1. The minimum atomic E-state index is -4.12. The lowest BCUT2D eigenvalue weighted by atomic mass is 10.3. The molecule has 0 spiro atoms. The minimum absolute atomic E-state index is 0.0142. The molecule has 25 heavy (non-hydrogen) atoms. The molecule has 0 aliphatic heterocycles. The van der Waals surface area contributed by atoms with E-state index in [1.54, 1.807) is 17.0 Å². The number of benzene rings is 1. The number of furan rings is 1. The van der Waals surface area contributed by atoms with E-state index >= 15 is 0 Å². The monoisotopic (exact) mass is 386 g/mol. The van der Waals surface area contributed by atoms with Crippen LogP contribution in [0.2, 0.25) is 0 Å². The van der Waals surface area contributed by atoms with E-state index in [1.807, 2.05) is 18.8 Å². The number of nitrogens with one attached hydrogen (secondary N) is 1. The van der Waals surface area contributed by atoms with Crippen LogP contribution in [0.15, 0.2) is 44.5 Å². The summed E-state index contributed by atoms with van der Waals surface area (Å²) >= 11 is 0. The molecule has 0 aliphatic carbocycles. The molecule has 0 unspecified atom stereocenters. The fraction of sp³-hybridized carbons (Fsp3) is 0.267. The van der Waals surface area contributed by atoms with E-state index in [-0.39, 0.29) is 15.6 Å². The van der Waals surface area contributed by atoms with Gasteiger partial charge in [0.2, 0.25) is 0 Å². The molecule has 10 heteroatoms. The van der Waals surface area contributed by atoms with Crippen molar-refractivity contribution in [2.45, 2.75) is 16.7 Å². The van der Waals surface area contributed by atoms with Crippen molar-refractivity contribution in [3.63, 3.8) is 0 Å². The van der Waals surface area contributed by atoms with Gasteiger partial charge in [0.25, 0.3) is 10.0 Å². The largest absolute Gasteiger partial charge is 0.455 e. The maximum absolute atomic E-state index is 12.3. The smallest absolute Gasteiger partial charge is 0.300 e. The number of sulfonamides is 1. The third kappa shape index (κ3) is 4.20. The molecule has 2 aromatic rings. The number of anilines is 1. The average Bonchev–Trinajstić information content (AvgIpc) is 2.89. The molecule has 0 bridgehead atoms. The number of rotatable bonds is 5. The van der Waals surface area contributed by atoms with Gasteiger partial charge < -0.3 is 9.32 Å². The van der Waals surface area contributed by atoms with E-state index < -0.39 is 31.5 Å². The van der Waals surface area contributed by atoms with Crippen molar-refractivity contribution in [2.75, 3.05) is 25.3 Å². The van der Waals surface area contributed by atoms with Gasteiger partial charge in [0.15, 0.2) is 15.6 Å². The molecule has 136 valence electrons. The molecule has 0 saturated carbocycles. The summed E-state index contributed by atoms with van der Waals surface area (Å²) in [5, 5.41) is 0. The first-order valence-corrected chi connectivity index (χ1v) is 10.4. The highest BCUT2D eigenvalue weighted by Gasteiger charge is 2.24. The van der Waals surface area contributed by atoms with E-state index in [1.165, 1.54) is 19.1 Å². The van der Waals surface area contributed by atoms with E-state index in [9.17, 15) is 21.6 Å². The van der Waals surface area contributed by atoms with Crippen LogP contribution >= 0.6 is 0 Å². The number of sulfone groups is 1. The van der Waals surface area contributed by atoms with Crippen LogP contribution < -0.4 is 9.62 Å². The standard InChI is InChI=1S/C15H18N2O6S2/c1-10-14(24(4,19)20)9-13(23-10)15(18)16-25(21,22)12-7-5-11(6-8-12)17(2)3/h5-9H,1-4H3,(H,16,18). The zero-order valence-corrected chi connectivity index (χ0v) is 15.7. The molecule has 0 saturated heterocycles. The highest BCUT2D eigenvalue weighted by Crippen LogP contribution is 2.21. The second kappa shape index (κ2) is 6.52. The van der Waals surface area contributed by atoms with Gasteiger partial charge in [-0.15, -0.1) is 0 Å². The number of aryl methyl sites for hydroxylation is 1. The van der Waals surface area contributed by atoms with Gasteiger partial charge in [0.05, 0.1) is 4.90 Å². The van der Waals surface area contributed by atoms with Gasteiger partial charge in [-0.2, -0.15) is 0 Å². The van der Waals surface area contributed by atoms with Gasteiger partial charge in [0, 0.05) is 32.1 Å². The summed E-state index contributed by atoms with van der Waals surface area (Å²) in [7, 11) is -4.08. The van der Waals surface area contributed by atoms with Gasteiger partial charge in [-0.3, -0.25) is 4.79 Å². The van der Waals surface area contributed by atoms with Crippen LogP contribution in [0.4, 0.5) is 5.69 Å². The molecule has 2 rings (SSSR count). The van der Waals surface area contributed by atoms with Crippen LogP contribution in [0.5, 0.6) is 0 Å². The Morgan fingerprint density at radius 1 is 1.08 bits per heavy atom. The Balaban J connectivity index is 2.27. The third-order valence-corrected chi connectivity index (χ3v) is 5.94. The van der Waals surface area contributed by atoms with Crippen molar-refractivity contribution in [3.05, 3.63) is 41.9 Å². The first-order chi connectivity index (χ1) is 11.4. The van der Waals surface area contributed by atoms with Crippen LogP contribution in [0.1, 0.15) is 16.3 Å². The normalized spacial score (nSPS) is 12.0. The zero-order valence-electron chi connectivity index (χ0n) is 14.1. The molecule has 1 amide bonds. The van der Waals surface area contributed by atoms with E-state index in [0.717, 1.165) is 18.0 Å². The van der Waals surface area contributed by atoms with Crippen molar-refractivity contribution in [3.8, 4) is 0 Å². The van der Waals surface area contributed by atoms with Crippen LogP contribution in [-0.4, -0.2) is 43.1 Å². The average molecular weight is 386 g/mol.